The van der Waals surface area contributed by atoms with Crippen molar-refractivity contribution >= 4 is 51.0 Å². The van der Waals surface area contributed by atoms with Gasteiger partial charge in [-0.15, -0.1) is 11.3 Å². The lowest BCUT2D eigenvalue weighted by atomic mass is 10.2. The number of imidazole rings is 1. The van der Waals surface area contributed by atoms with Gasteiger partial charge in [-0.25, -0.2) is 9.97 Å². The second-order valence-corrected chi connectivity index (χ2v) is 10.5. The molecular formula is C29H28N8O2S. The molecule has 0 saturated carbocycles. The first kappa shape index (κ1) is 25.5. The lowest BCUT2D eigenvalue weighted by Crippen LogP contribution is -2.47. The molecule has 202 valence electrons. The molecule has 4 heterocycles. The molecule has 3 aromatic heterocycles. The molecule has 40 heavy (non-hydrogen) atoms. The fraction of sp³-hybridized carbons (Fsp3) is 0.172. The van der Waals surface area contributed by atoms with Gasteiger partial charge in [0.25, 0.3) is 11.8 Å². The molecule has 2 aromatic carbocycles. The number of thiazole rings is 1. The number of pyridine rings is 1. The molecule has 4 N–H and O–H groups in total. The number of carbonyl (C=O) groups excluding carboxylic acids is 2. The third-order valence-corrected chi connectivity index (χ3v) is 7.67. The van der Waals surface area contributed by atoms with Gasteiger partial charge in [0, 0.05) is 49.0 Å². The summed E-state index contributed by atoms with van der Waals surface area (Å²) in [6.45, 7) is 3.19. The first-order valence-corrected chi connectivity index (χ1v) is 13.8. The van der Waals surface area contributed by atoms with Crippen LogP contribution in [0.25, 0.3) is 17.0 Å². The van der Waals surface area contributed by atoms with Gasteiger partial charge in [-0.2, -0.15) is 0 Å². The summed E-state index contributed by atoms with van der Waals surface area (Å²) >= 11 is 1.46. The van der Waals surface area contributed by atoms with Crippen LogP contribution in [0.2, 0.25) is 0 Å². The Morgan fingerprint density at radius 1 is 0.950 bits per heavy atom. The quantitative estimate of drug-likeness (QED) is 0.267. The van der Waals surface area contributed by atoms with Crippen molar-refractivity contribution in [1.29, 1.82) is 0 Å². The molecule has 10 nitrogen and oxygen atoms in total. The number of carbonyl (C=O) groups is 2. The average molecular weight is 553 g/mol. The van der Waals surface area contributed by atoms with Gasteiger partial charge < -0.3 is 26.2 Å². The van der Waals surface area contributed by atoms with Crippen LogP contribution in [0.5, 0.6) is 0 Å². The molecule has 0 unspecified atom stereocenters. The maximum atomic E-state index is 13.1. The summed E-state index contributed by atoms with van der Waals surface area (Å²) in [6, 6.07) is 18.0. The highest BCUT2D eigenvalue weighted by Gasteiger charge is 2.21. The minimum absolute atomic E-state index is 0.0275. The van der Waals surface area contributed by atoms with Gasteiger partial charge in [0.1, 0.15) is 11.3 Å². The third-order valence-electron chi connectivity index (χ3n) is 6.92. The highest BCUT2D eigenvalue weighted by atomic mass is 32.1. The number of amides is 2. The van der Waals surface area contributed by atoms with Gasteiger partial charge in [-0.1, -0.05) is 12.1 Å². The van der Waals surface area contributed by atoms with Gasteiger partial charge in [-0.3, -0.25) is 14.0 Å². The van der Waals surface area contributed by atoms with Crippen molar-refractivity contribution in [2.45, 2.75) is 0 Å². The summed E-state index contributed by atoms with van der Waals surface area (Å²) in [5.74, 6) is -0.210. The minimum atomic E-state index is -0.237. The van der Waals surface area contributed by atoms with Gasteiger partial charge >= 0.3 is 0 Å². The Morgan fingerprint density at radius 3 is 2.48 bits per heavy atom. The van der Waals surface area contributed by atoms with Crippen molar-refractivity contribution in [1.82, 2.24) is 24.2 Å². The second kappa shape index (κ2) is 10.8. The maximum Gasteiger partial charge on any atom is 0.255 e. The lowest BCUT2D eigenvalue weighted by molar-refractivity contribution is 0.0663. The highest BCUT2D eigenvalue weighted by Crippen LogP contribution is 2.28. The van der Waals surface area contributed by atoms with E-state index in [0.29, 0.717) is 27.6 Å². The van der Waals surface area contributed by atoms with Crippen LogP contribution in [0.4, 0.5) is 22.2 Å². The fourth-order valence-corrected chi connectivity index (χ4v) is 5.30. The number of aromatic nitrogens is 3. The topological polar surface area (TPSA) is 121 Å². The molecule has 1 saturated heterocycles. The number of piperazine rings is 1. The van der Waals surface area contributed by atoms with E-state index in [2.05, 4.69) is 27.6 Å². The van der Waals surface area contributed by atoms with Crippen molar-refractivity contribution < 1.29 is 9.59 Å². The maximum absolute atomic E-state index is 13.1. The number of hydrogen-bond acceptors (Lipinski definition) is 8. The van der Waals surface area contributed by atoms with E-state index in [1.165, 1.54) is 11.3 Å². The predicted octanol–water partition coefficient (Wildman–Crippen LogP) is 4.42. The predicted molar refractivity (Wildman–Crippen MR) is 158 cm³/mol. The minimum Gasteiger partial charge on any atom is -0.397 e. The number of anilines is 4. The van der Waals surface area contributed by atoms with Crippen LogP contribution in [0.15, 0.2) is 78.4 Å². The Morgan fingerprint density at radius 2 is 1.70 bits per heavy atom. The van der Waals surface area contributed by atoms with E-state index in [0.717, 1.165) is 48.9 Å². The zero-order chi connectivity index (χ0) is 27.6. The summed E-state index contributed by atoms with van der Waals surface area (Å²) in [5, 5.41) is 8.78. The molecule has 0 radical (unpaired) electrons. The van der Waals surface area contributed by atoms with Crippen molar-refractivity contribution in [3.05, 3.63) is 89.6 Å². The van der Waals surface area contributed by atoms with Crippen molar-refractivity contribution in [2.75, 3.05) is 49.6 Å². The number of para-hydroxylation sites is 2. The summed E-state index contributed by atoms with van der Waals surface area (Å²) in [4.78, 5) is 39.1. The summed E-state index contributed by atoms with van der Waals surface area (Å²) < 4.78 is 1.91. The van der Waals surface area contributed by atoms with Crippen LogP contribution in [-0.2, 0) is 0 Å². The van der Waals surface area contributed by atoms with E-state index in [1.807, 2.05) is 57.3 Å². The highest BCUT2D eigenvalue weighted by molar-refractivity contribution is 7.14. The standard InChI is InChI=1S/C29H28N8O2S/c1-35-12-14-36(15-13-35)28(39)20-8-11-26-31-16-25(37(26)17-20)24-18-40-29(34-24)32-21-9-6-19(7-10-21)27(38)33-23-5-3-2-4-22(23)30/h2-11,16-18H,12-15,30H2,1H3,(H,32,34)(H,33,38). The van der Waals surface area contributed by atoms with Crippen molar-refractivity contribution in [3.8, 4) is 11.4 Å². The molecule has 0 spiro atoms. The number of fused-ring (bicyclic) bond motifs is 1. The molecule has 0 atom stereocenters. The van der Waals surface area contributed by atoms with Crippen LogP contribution in [0.3, 0.4) is 0 Å². The number of likely N-dealkylation sites (N-methyl/N-ethyl adjacent to an activating group) is 1. The number of hydrogen-bond donors (Lipinski definition) is 3. The normalized spacial score (nSPS) is 13.9. The Labute approximate surface area is 235 Å². The molecule has 0 aliphatic carbocycles. The molecule has 1 aliphatic heterocycles. The molecule has 11 heteroatoms. The largest absolute Gasteiger partial charge is 0.397 e. The first-order chi connectivity index (χ1) is 19.4. The Balaban J connectivity index is 1.15. The van der Waals surface area contributed by atoms with Crippen LogP contribution in [0, 0.1) is 0 Å². The average Bonchev–Trinajstić information content (AvgIpc) is 3.61. The van der Waals surface area contributed by atoms with E-state index >= 15 is 0 Å². The van der Waals surface area contributed by atoms with Gasteiger partial charge in [-0.05, 0) is 55.6 Å². The van der Waals surface area contributed by atoms with Gasteiger partial charge in [0.05, 0.1) is 28.8 Å². The van der Waals surface area contributed by atoms with E-state index in [9.17, 15) is 9.59 Å². The monoisotopic (exact) mass is 552 g/mol. The third kappa shape index (κ3) is 5.24. The fourth-order valence-electron chi connectivity index (χ4n) is 4.57. The molecule has 1 fully saturated rings. The second-order valence-electron chi connectivity index (χ2n) is 9.67. The number of nitrogens with two attached hydrogens (primary N) is 1. The lowest BCUT2D eigenvalue weighted by Gasteiger charge is -2.32. The van der Waals surface area contributed by atoms with Crippen molar-refractivity contribution in [3.63, 3.8) is 0 Å². The first-order valence-electron chi connectivity index (χ1n) is 12.9. The number of nitrogens with zero attached hydrogens (tertiary/aromatic N) is 5. The van der Waals surface area contributed by atoms with Gasteiger partial charge in [0.2, 0.25) is 0 Å². The zero-order valence-corrected chi connectivity index (χ0v) is 22.7. The molecular weight excluding hydrogens is 524 g/mol. The Hall–Kier alpha value is -4.74. The summed E-state index contributed by atoms with van der Waals surface area (Å²) in [7, 11) is 2.07. The van der Waals surface area contributed by atoms with Crippen LogP contribution >= 0.6 is 11.3 Å². The van der Waals surface area contributed by atoms with E-state index in [-0.39, 0.29) is 11.8 Å². The van der Waals surface area contributed by atoms with Crippen LogP contribution in [0.1, 0.15) is 20.7 Å². The van der Waals surface area contributed by atoms with Crippen LogP contribution < -0.4 is 16.4 Å². The summed E-state index contributed by atoms with van der Waals surface area (Å²) in [6.07, 6.45) is 3.61. The van der Waals surface area contributed by atoms with E-state index in [1.54, 1.807) is 30.5 Å². The number of nitrogen functional groups attached to an aromatic ring is 1. The zero-order valence-electron chi connectivity index (χ0n) is 21.9. The van der Waals surface area contributed by atoms with Gasteiger partial charge in [0.15, 0.2) is 5.13 Å². The molecule has 1 aliphatic rings. The van der Waals surface area contributed by atoms with Crippen LogP contribution in [-0.4, -0.2) is 69.2 Å². The molecule has 2 amide bonds. The summed E-state index contributed by atoms with van der Waals surface area (Å²) in [5.41, 5.74) is 11.3. The molecule has 6 rings (SSSR count). The van der Waals surface area contributed by atoms with Crippen molar-refractivity contribution in [2.24, 2.45) is 0 Å². The number of nitrogens with one attached hydrogen (secondary N) is 2. The SMILES string of the molecule is CN1CCN(C(=O)c2ccc3ncc(-c4csc(Nc5ccc(C(=O)Nc6ccccc6N)cc5)n4)n3c2)CC1. The smallest absolute Gasteiger partial charge is 0.255 e. The molecule has 0 bridgehead atoms. The van der Waals surface area contributed by atoms with E-state index in [4.69, 9.17) is 10.7 Å². The Kier molecular flexibility index (Phi) is 6.89. The number of benzene rings is 2. The Bertz CT molecular complexity index is 1690. The molecule has 5 aromatic rings. The number of rotatable bonds is 6. The van der Waals surface area contributed by atoms with E-state index < -0.39 is 0 Å².